The molecule has 0 aliphatic rings. The molecule has 0 atom stereocenters. The number of halogens is 1. The number of amides is 1. The van der Waals surface area contributed by atoms with Gasteiger partial charge in [-0.2, -0.15) is 0 Å². The number of hydrogen-bond acceptors (Lipinski definition) is 4. The monoisotopic (exact) mass is 329 g/mol. The average Bonchev–Trinajstić information content (AvgIpc) is 2.76. The van der Waals surface area contributed by atoms with Crippen LogP contribution in [-0.4, -0.2) is 36.7 Å². The quantitative estimate of drug-likeness (QED) is 0.839. The van der Waals surface area contributed by atoms with Crippen LogP contribution in [0, 0.1) is 0 Å². The van der Waals surface area contributed by atoms with E-state index in [2.05, 4.69) is 10.3 Å². The van der Waals surface area contributed by atoms with Crippen molar-refractivity contribution in [2.24, 2.45) is 0 Å². The zero-order valence-corrected chi connectivity index (χ0v) is 13.3. The third-order valence-electron chi connectivity index (χ3n) is 3.02. The molecule has 1 aromatic carbocycles. The first-order valence-corrected chi connectivity index (χ1v) is 8.82. The maximum Gasteiger partial charge on any atom is 0.239 e. The van der Waals surface area contributed by atoms with E-state index in [4.69, 9.17) is 11.6 Å². The van der Waals surface area contributed by atoms with E-state index in [0.717, 1.165) is 6.26 Å². The van der Waals surface area contributed by atoms with E-state index in [0.29, 0.717) is 23.4 Å². The molecule has 0 aliphatic heterocycles. The zero-order chi connectivity index (χ0) is 15.6. The summed E-state index contributed by atoms with van der Waals surface area (Å²) >= 11 is 5.87. The van der Waals surface area contributed by atoms with Crippen LogP contribution in [0.15, 0.2) is 23.1 Å². The molecule has 1 N–H and O–H groups in total. The van der Waals surface area contributed by atoms with Crippen LogP contribution in [0.25, 0.3) is 11.0 Å². The Balaban J connectivity index is 2.63. The van der Waals surface area contributed by atoms with Gasteiger partial charge in [0.05, 0.1) is 16.3 Å². The molecular formula is C13H16ClN3O3S. The number of aromatic nitrogens is 2. The second-order valence-corrected chi connectivity index (χ2v) is 6.85. The van der Waals surface area contributed by atoms with Crippen molar-refractivity contribution in [1.29, 1.82) is 0 Å². The second-order valence-electron chi connectivity index (χ2n) is 4.60. The molecule has 2 rings (SSSR count). The van der Waals surface area contributed by atoms with Crippen molar-refractivity contribution < 1.29 is 13.2 Å². The van der Waals surface area contributed by atoms with Crippen LogP contribution in [0.4, 0.5) is 0 Å². The summed E-state index contributed by atoms with van der Waals surface area (Å²) in [4.78, 5) is 16.2. The largest absolute Gasteiger partial charge is 0.355 e. The number of likely N-dealkylation sites (N-methyl/N-ethyl adjacent to an activating group) is 1. The summed E-state index contributed by atoms with van der Waals surface area (Å²) in [7, 11) is -3.40. The fourth-order valence-corrected chi connectivity index (χ4v) is 3.17. The lowest BCUT2D eigenvalue weighted by Gasteiger charge is -2.07. The van der Waals surface area contributed by atoms with Crippen molar-refractivity contribution in [1.82, 2.24) is 14.9 Å². The smallest absolute Gasteiger partial charge is 0.239 e. The Morgan fingerprint density at radius 2 is 2.14 bits per heavy atom. The molecule has 0 unspecified atom stereocenters. The summed E-state index contributed by atoms with van der Waals surface area (Å²) < 4.78 is 25.3. The van der Waals surface area contributed by atoms with Gasteiger partial charge in [0.2, 0.25) is 5.91 Å². The molecule has 0 bridgehead atoms. The number of rotatable bonds is 5. The Labute approximate surface area is 128 Å². The lowest BCUT2D eigenvalue weighted by atomic mass is 10.3. The number of carbonyl (C=O) groups is 1. The van der Waals surface area contributed by atoms with Crippen LogP contribution in [-0.2, 0) is 27.1 Å². The highest BCUT2D eigenvalue weighted by molar-refractivity contribution is 7.91. The van der Waals surface area contributed by atoms with Crippen molar-refractivity contribution in [2.75, 3.05) is 12.8 Å². The fraction of sp³-hybridized carbons (Fsp3) is 0.385. The number of nitrogens with zero attached hydrogens (tertiary/aromatic N) is 2. The first kappa shape index (κ1) is 15.8. The minimum absolute atomic E-state index is 0.0552. The van der Waals surface area contributed by atoms with Gasteiger partial charge in [-0.15, -0.1) is 11.6 Å². The highest BCUT2D eigenvalue weighted by atomic mass is 35.5. The third-order valence-corrected chi connectivity index (χ3v) is 4.38. The van der Waals surface area contributed by atoms with Gasteiger partial charge in [-0.1, -0.05) is 6.07 Å². The molecule has 1 heterocycles. The molecule has 114 valence electrons. The molecule has 0 saturated heterocycles. The first-order valence-electron chi connectivity index (χ1n) is 6.39. The van der Waals surface area contributed by atoms with Crippen LogP contribution < -0.4 is 5.32 Å². The van der Waals surface area contributed by atoms with E-state index in [-0.39, 0.29) is 23.2 Å². The summed E-state index contributed by atoms with van der Waals surface area (Å²) in [5.74, 6) is 0.388. The van der Waals surface area contributed by atoms with E-state index in [1.165, 1.54) is 6.07 Å². The molecule has 0 radical (unpaired) electrons. The summed E-state index contributed by atoms with van der Waals surface area (Å²) in [6, 6.07) is 4.86. The number of fused-ring (bicyclic) bond motifs is 1. The van der Waals surface area contributed by atoms with Crippen LogP contribution in [0.5, 0.6) is 0 Å². The normalized spacial score (nSPS) is 11.8. The number of benzene rings is 1. The number of hydrogen-bond donors (Lipinski definition) is 1. The van der Waals surface area contributed by atoms with Gasteiger partial charge in [-0.25, -0.2) is 13.4 Å². The standard InChI is InChI=1S/C13H16ClN3O3S/c1-3-15-12(18)8-17-9-5-4-6-10(21(2,19)20)13(9)16-11(17)7-14/h4-6H,3,7-8H2,1-2H3,(H,15,18). The molecule has 6 nitrogen and oxygen atoms in total. The van der Waals surface area contributed by atoms with Gasteiger partial charge in [-0.05, 0) is 19.1 Å². The maximum absolute atomic E-state index is 11.8. The Hall–Kier alpha value is -1.60. The van der Waals surface area contributed by atoms with Gasteiger partial charge in [0.15, 0.2) is 9.84 Å². The van der Waals surface area contributed by atoms with Crippen molar-refractivity contribution in [3.8, 4) is 0 Å². The number of sulfone groups is 1. The van der Waals surface area contributed by atoms with Crippen molar-refractivity contribution in [2.45, 2.75) is 24.2 Å². The molecule has 0 fully saturated rings. The van der Waals surface area contributed by atoms with Gasteiger partial charge in [0, 0.05) is 12.8 Å². The van der Waals surface area contributed by atoms with Gasteiger partial charge >= 0.3 is 0 Å². The fourth-order valence-electron chi connectivity index (χ4n) is 2.14. The van der Waals surface area contributed by atoms with Gasteiger partial charge in [-0.3, -0.25) is 4.79 Å². The molecule has 0 spiro atoms. The van der Waals surface area contributed by atoms with Crippen LogP contribution in [0.2, 0.25) is 0 Å². The van der Waals surface area contributed by atoms with Crippen molar-refractivity contribution in [3.05, 3.63) is 24.0 Å². The predicted molar refractivity (Wildman–Crippen MR) is 81.1 cm³/mol. The molecule has 2 aromatic rings. The number of para-hydroxylation sites is 1. The Morgan fingerprint density at radius 1 is 1.43 bits per heavy atom. The number of carbonyl (C=O) groups excluding carboxylic acids is 1. The lowest BCUT2D eigenvalue weighted by molar-refractivity contribution is -0.121. The van der Waals surface area contributed by atoms with E-state index in [1.807, 2.05) is 6.92 Å². The molecule has 1 aromatic heterocycles. The minimum Gasteiger partial charge on any atom is -0.355 e. The SMILES string of the molecule is CCNC(=O)Cn1c(CCl)nc2c(S(C)(=O)=O)cccc21. The lowest BCUT2D eigenvalue weighted by Crippen LogP contribution is -2.27. The first-order chi connectivity index (χ1) is 9.88. The topological polar surface area (TPSA) is 81.1 Å². The number of alkyl halides is 1. The molecule has 0 aliphatic carbocycles. The minimum atomic E-state index is -3.40. The summed E-state index contributed by atoms with van der Waals surface area (Å²) in [6.07, 6.45) is 1.13. The molecule has 8 heteroatoms. The summed E-state index contributed by atoms with van der Waals surface area (Å²) in [6.45, 7) is 2.41. The number of imidazole rings is 1. The van der Waals surface area contributed by atoms with Gasteiger partial charge in [0.1, 0.15) is 17.9 Å². The molecule has 0 saturated carbocycles. The predicted octanol–water partition coefficient (Wildman–Crippen LogP) is 1.31. The van der Waals surface area contributed by atoms with E-state index in [1.54, 1.807) is 16.7 Å². The summed E-state index contributed by atoms with van der Waals surface area (Å²) in [5.41, 5.74) is 0.930. The maximum atomic E-state index is 11.8. The van der Waals surface area contributed by atoms with E-state index in [9.17, 15) is 13.2 Å². The molecular weight excluding hydrogens is 314 g/mol. The Bertz CT molecular complexity index is 783. The van der Waals surface area contributed by atoms with Crippen LogP contribution in [0.3, 0.4) is 0 Å². The highest BCUT2D eigenvalue weighted by Gasteiger charge is 2.19. The molecule has 1 amide bonds. The average molecular weight is 330 g/mol. The second kappa shape index (κ2) is 6.03. The highest BCUT2D eigenvalue weighted by Crippen LogP contribution is 2.24. The van der Waals surface area contributed by atoms with Crippen molar-refractivity contribution in [3.63, 3.8) is 0 Å². The Morgan fingerprint density at radius 3 is 2.71 bits per heavy atom. The van der Waals surface area contributed by atoms with E-state index >= 15 is 0 Å². The van der Waals surface area contributed by atoms with Gasteiger partial charge < -0.3 is 9.88 Å². The molecule has 21 heavy (non-hydrogen) atoms. The third kappa shape index (κ3) is 3.19. The van der Waals surface area contributed by atoms with Crippen LogP contribution >= 0.6 is 11.6 Å². The number of nitrogens with one attached hydrogen (secondary N) is 1. The van der Waals surface area contributed by atoms with E-state index < -0.39 is 9.84 Å². The summed E-state index contributed by atoms with van der Waals surface area (Å²) in [5, 5.41) is 2.70. The Kier molecular flexibility index (Phi) is 4.53. The van der Waals surface area contributed by atoms with Crippen molar-refractivity contribution >= 4 is 38.4 Å². The van der Waals surface area contributed by atoms with Crippen LogP contribution in [0.1, 0.15) is 12.7 Å². The van der Waals surface area contributed by atoms with Gasteiger partial charge in [0.25, 0.3) is 0 Å². The zero-order valence-electron chi connectivity index (χ0n) is 11.8.